The van der Waals surface area contributed by atoms with Crippen LogP contribution < -0.4 is 5.32 Å². The molecule has 0 amide bonds. The Hall–Kier alpha value is -0.830. The highest BCUT2D eigenvalue weighted by Gasteiger charge is 2.16. The van der Waals surface area contributed by atoms with Crippen molar-refractivity contribution >= 4 is 0 Å². The molecule has 1 aromatic rings. The van der Waals surface area contributed by atoms with Gasteiger partial charge in [0.15, 0.2) is 0 Å². The summed E-state index contributed by atoms with van der Waals surface area (Å²) in [7, 11) is 0. The minimum atomic E-state index is 0.678. The minimum Gasteiger partial charge on any atom is -0.345 e. The Bertz CT molecular complexity index is 311. The van der Waals surface area contributed by atoms with Crippen LogP contribution in [0.4, 0.5) is 0 Å². The van der Waals surface area contributed by atoms with E-state index in [0.717, 1.165) is 13.1 Å². The fourth-order valence-electron chi connectivity index (χ4n) is 2.63. The Kier molecular flexibility index (Phi) is 5.05. The van der Waals surface area contributed by atoms with Gasteiger partial charge in [0, 0.05) is 24.4 Å². The van der Waals surface area contributed by atoms with E-state index in [4.69, 9.17) is 0 Å². The quantitative estimate of drug-likeness (QED) is 0.607. The normalized spacial score (nSPS) is 18.2. The van der Waals surface area contributed by atoms with Gasteiger partial charge in [-0.2, -0.15) is 0 Å². The van der Waals surface area contributed by atoms with Gasteiger partial charge >= 0.3 is 0 Å². The number of aromatic nitrogens is 2. The fourth-order valence-corrected chi connectivity index (χ4v) is 2.63. The molecule has 2 rings (SSSR count). The summed E-state index contributed by atoms with van der Waals surface area (Å²) in [6.07, 6.45) is 11.4. The second-order valence-electron chi connectivity index (χ2n) is 5.16. The lowest BCUT2D eigenvalue weighted by Crippen LogP contribution is -2.14. The molecule has 0 radical (unpaired) electrons. The Balaban J connectivity index is 1.87. The van der Waals surface area contributed by atoms with Crippen LogP contribution in [-0.2, 0) is 6.54 Å². The topological polar surface area (TPSA) is 40.7 Å². The Labute approximate surface area is 104 Å². The molecule has 0 aliphatic heterocycles. The summed E-state index contributed by atoms with van der Waals surface area (Å²) in [5, 5.41) is 3.41. The lowest BCUT2D eigenvalue weighted by molar-refractivity contribution is 0.563. The summed E-state index contributed by atoms with van der Waals surface area (Å²) >= 11 is 0. The second-order valence-corrected chi connectivity index (χ2v) is 5.16. The first-order valence-corrected chi connectivity index (χ1v) is 7.14. The van der Waals surface area contributed by atoms with Crippen LogP contribution in [0.5, 0.6) is 0 Å². The molecule has 96 valence electrons. The Morgan fingerprint density at radius 1 is 1.29 bits per heavy atom. The fraction of sp³-hybridized carbons (Fsp3) is 0.786. The molecule has 0 bridgehead atoms. The minimum absolute atomic E-state index is 0.678. The number of imidazole rings is 1. The standard InChI is InChI=1S/C14H25N3/c1-2-9-15-10-13-11-16-14(17-13)12-7-5-3-4-6-8-12/h11-12,15H,2-10H2,1H3,(H,16,17). The third kappa shape index (κ3) is 3.84. The molecule has 1 saturated carbocycles. The first-order valence-electron chi connectivity index (χ1n) is 7.14. The average molecular weight is 235 g/mol. The molecule has 1 aliphatic rings. The van der Waals surface area contributed by atoms with Crippen molar-refractivity contribution in [1.82, 2.24) is 15.3 Å². The van der Waals surface area contributed by atoms with Crippen LogP contribution in [0.2, 0.25) is 0 Å². The summed E-state index contributed by atoms with van der Waals surface area (Å²) in [5.41, 5.74) is 1.23. The van der Waals surface area contributed by atoms with Crippen molar-refractivity contribution < 1.29 is 0 Å². The zero-order valence-corrected chi connectivity index (χ0v) is 11.0. The van der Waals surface area contributed by atoms with Crippen LogP contribution in [0, 0.1) is 0 Å². The van der Waals surface area contributed by atoms with Crippen molar-refractivity contribution in [3.63, 3.8) is 0 Å². The molecule has 0 spiro atoms. The lowest BCUT2D eigenvalue weighted by atomic mass is 10.00. The van der Waals surface area contributed by atoms with Gasteiger partial charge in [0.25, 0.3) is 0 Å². The molecule has 2 N–H and O–H groups in total. The lowest BCUT2D eigenvalue weighted by Gasteiger charge is -2.10. The first-order chi connectivity index (χ1) is 8.40. The largest absolute Gasteiger partial charge is 0.345 e. The molecule has 0 unspecified atom stereocenters. The van der Waals surface area contributed by atoms with Crippen LogP contribution in [0.3, 0.4) is 0 Å². The number of nitrogens with zero attached hydrogens (tertiary/aromatic N) is 1. The van der Waals surface area contributed by atoms with E-state index < -0.39 is 0 Å². The van der Waals surface area contributed by atoms with E-state index in [-0.39, 0.29) is 0 Å². The van der Waals surface area contributed by atoms with Crippen LogP contribution in [0.1, 0.15) is 69.3 Å². The SMILES string of the molecule is CCCNCc1cnc(C2CCCCCC2)[nH]1. The van der Waals surface area contributed by atoms with Crippen molar-refractivity contribution in [2.24, 2.45) is 0 Å². The molecule has 3 heteroatoms. The number of hydrogen-bond acceptors (Lipinski definition) is 2. The van der Waals surface area contributed by atoms with E-state index in [1.54, 1.807) is 0 Å². The van der Waals surface area contributed by atoms with Crippen molar-refractivity contribution in [1.29, 1.82) is 0 Å². The second kappa shape index (κ2) is 6.80. The van der Waals surface area contributed by atoms with E-state index in [2.05, 4.69) is 22.2 Å². The smallest absolute Gasteiger partial charge is 0.109 e. The van der Waals surface area contributed by atoms with Crippen LogP contribution >= 0.6 is 0 Å². The predicted octanol–water partition coefficient (Wildman–Crippen LogP) is 3.35. The van der Waals surface area contributed by atoms with E-state index in [1.165, 1.54) is 56.5 Å². The molecule has 1 aromatic heterocycles. The average Bonchev–Trinajstić information content (AvgIpc) is 2.64. The first kappa shape index (κ1) is 12.6. The summed E-state index contributed by atoms with van der Waals surface area (Å²) < 4.78 is 0. The molecule has 0 aromatic carbocycles. The molecule has 0 saturated heterocycles. The van der Waals surface area contributed by atoms with Gasteiger partial charge in [-0.05, 0) is 25.8 Å². The van der Waals surface area contributed by atoms with Crippen molar-refractivity contribution in [2.75, 3.05) is 6.54 Å². The molecular weight excluding hydrogens is 210 g/mol. The maximum absolute atomic E-state index is 4.56. The van der Waals surface area contributed by atoms with Gasteiger partial charge in [0.2, 0.25) is 0 Å². The van der Waals surface area contributed by atoms with Gasteiger partial charge in [-0.3, -0.25) is 0 Å². The predicted molar refractivity (Wildman–Crippen MR) is 71.0 cm³/mol. The van der Waals surface area contributed by atoms with Gasteiger partial charge in [-0.15, -0.1) is 0 Å². The van der Waals surface area contributed by atoms with Gasteiger partial charge in [-0.1, -0.05) is 32.6 Å². The van der Waals surface area contributed by atoms with Crippen molar-refractivity contribution in [2.45, 2.75) is 64.3 Å². The van der Waals surface area contributed by atoms with Crippen molar-refractivity contribution in [3.8, 4) is 0 Å². The van der Waals surface area contributed by atoms with Crippen LogP contribution in [0.15, 0.2) is 6.20 Å². The molecule has 1 aliphatic carbocycles. The number of aromatic amines is 1. The van der Waals surface area contributed by atoms with Gasteiger partial charge in [-0.25, -0.2) is 4.98 Å². The summed E-state index contributed by atoms with van der Waals surface area (Å²) in [6.45, 7) is 4.20. The van der Waals surface area contributed by atoms with Crippen LogP contribution in [0.25, 0.3) is 0 Å². The number of hydrogen-bond donors (Lipinski definition) is 2. The zero-order chi connectivity index (χ0) is 11.9. The monoisotopic (exact) mass is 235 g/mol. The third-order valence-electron chi connectivity index (χ3n) is 3.63. The summed E-state index contributed by atoms with van der Waals surface area (Å²) in [5.74, 6) is 1.90. The van der Waals surface area contributed by atoms with E-state index in [9.17, 15) is 0 Å². The molecule has 1 heterocycles. The summed E-state index contributed by atoms with van der Waals surface area (Å²) in [4.78, 5) is 8.06. The van der Waals surface area contributed by atoms with Crippen molar-refractivity contribution in [3.05, 3.63) is 17.7 Å². The Morgan fingerprint density at radius 2 is 2.06 bits per heavy atom. The molecule has 1 fully saturated rings. The maximum Gasteiger partial charge on any atom is 0.109 e. The molecule has 3 nitrogen and oxygen atoms in total. The van der Waals surface area contributed by atoms with E-state index >= 15 is 0 Å². The number of rotatable bonds is 5. The van der Waals surface area contributed by atoms with Gasteiger partial charge < -0.3 is 10.3 Å². The highest BCUT2D eigenvalue weighted by molar-refractivity contribution is 5.05. The number of nitrogens with one attached hydrogen (secondary N) is 2. The highest BCUT2D eigenvalue weighted by atomic mass is 15.0. The van der Waals surface area contributed by atoms with Crippen LogP contribution in [-0.4, -0.2) is 16.5 Å². The van der Waals surface area contributed by atoms with E-state index in [0.29, 0.717) is 5.92 Å². The van der Waals surface area contributed by atoms with Gasteiger partial charge in [0.1, 0.15) is 5.82 Å². The Morgan fingerprint density at radius 3 is 2.76 bits per heavy atom. The van der Waals surface area contributed by atoms with Gasteiger partial charge in [0.05, 0.1) is 0 Å². The maximum atomic E-state index is 4.56. The zero-order valence-electron chi connectivity index (χ0n) is 11.0. The molecule has 17 heavy (non-hydrogen) atoms. The van der Waals surface area contributed by atoms with E-state index in [1.807, 2.05) is 6.20 Å². The number of H-pyrrole nitrogens is 1. The third-order valence-corrected chi connectivity index (χ3v) is 3.63. The summed E-state index contributed by atoms with van der Waals surface area (Å²) in [6, 6.07) is 0. The molecular formula is C14H25N3. The molecule has 0 atom stereocenters. The highest BCUT2D eigenvalue weighted by Crippen LogP contribution is 2.29.